The van der Waals surface area contributed by atoms with Gasteiger partial charge < -0.3 is 16.4 Å². The summed E-state index contributed by atoms with van der Waals surface area (Å²) in [5.74, 6) is 0.121. The average molecular weight is 273 g/mol. The fraction of sp³-hybridized carbons (Fsp3) is 0.333. The SMILES string of the molecule is Nc1ccc(/C=C/C(=O)NCCNC(=O)C2CC2)cc1. The van der Waals surface area contributed by atoms with E-state index in [0.29, 0.717) is 18.8 Å². The van der Waals surface area contributed by atoms with Gasteiger partial charge in [-0.05, 0) is 36.6 Å². The zero-order valence-electron chi connectivity index (χ0n) is 11.3. The van der Waals surface area contributed by atoms with Crippen molar-refractivity contribution in [2.75, 3.05) is 18.8 Å². The van der Waals surface area contributed by atoms with E-state index >= 15 is 0 Å². The average Bonchev–Trinajstić information content (AvgIpc) is 3.27. The highest BCUT2D eigenvalue weighted by Crippen LogP contribution is 2.28. The summed E-state index contributed by atoms with van der Waals surface area (Å²) in [4.78, 5) is 22.9. The number of rotatable bonds is 6. The number of hydrogen-bond acceptors (Lipinski definition) is 3. The number of nitrogens with one attached hydrogen (secondary N) is 2. The van der Waals surface area contributed by atoms with Crippen LogP contribution in [0.1, 0.15) is 18.4 Å². The van der Waals surface area contributed by atoms with E-state index in [1.807, 2.05) is 12.1 Å². The number of carbonyl (C=O) groups excluding carboxylic acids is 2. The molecule has 1 aromatic rings. The molecule has 1 aliphatic rings. The molecule has 0 aromatic heterocycles. The van der Waals surface area contributed by atoms with E-state index in [0.717, 1.165) is 18.4 Å². The van der Waals surface area contributed by atoms with Crippen LogP contribution in [-0.4, -0.2) is 24.9 Å². The summed E-state index contributed by atoms with van der Waals surface area (Å²) in [6, 6.07) is 7.25. The monoisotopic (exact) mass is 273 g/mol. The summed E-state index contributed by atoms with van der Waals surface area (Å²) >= 11 is 0. The molecule has 1 aliphatic carbocycles. The summed E-state index contributed by atoms with van der Waals surface area (Å²) in [6.45, 7) is 0.903. The van der Waals surface area contributed by atoms with Gasteiger partial charge in [0.05, 0.1) is 0 Å². The third kappa shape index (κ3) is 4.76. The molecular weight excluding hydrogens is 254 g/mol. The zero-order valence-corrected chi connectivity index (χ0v) is 11.3. The van der Waals surface area contributed by atoms with Gasteiger partial charge in [-0.1, -0.05) is 12.1 Å². The van der Waals surface area contributed by atoms with Crippen LogP contribution >= 0.6 is 0 Å². The third-order valence-electron chi connectivity index (χ3n) is 3.04. The van der Waals surface area contributed by atoms with E-state index < -0.39 is 0 Å². The van der Waals surface area contributed by atoms with Gasteiger partial charge >= 0.3 is 0 Å². The molecule has 0 unspecified atom stereocenters. The maximum atomic E-state index is 11.5. The number of nitrogen functional groups attached to an aromatic ring is 1. The van der Waals surface area contributed by atoms with Crippen molar-refractivity contribution in [3.05, 3.63) is 35.9 Å². The Morgan fingerprint density at radius 3 is 2.45 bits per heavy atom. The van der Waals surface area contributed by atoms with Crippen LogP contribution in [0.4, 0.5) is 5.69 Å². The van der Waals surface area contributed by atoms with Crippen LogP contribution in [0.2, 0.25) is 0 Å². The number of benzene rings is 1. The molecule has 0 spiro atoms. The summed E-state index contributed by atoms with van der Waals surface area (Å²) in [5.41, 5.74) is 7.18. The number of amides is 2. The van der Waals surface area contributed by atoms with Gasteiger partial charge in [-0.2, -0.15) is 0 Å². The molecule has 20 heavy (non-hydrogen) atoms. The molecule has 0 atom stereocenters. The standard InChI is InChI=1S/C15H19N3O2/c16-13-6-1-11(2-7-13)3-8-14(19)17-9-10-18-15(20)12-4-5-12/h1-3,6-8,12H,4-5,9-10,16H2,(H,17,19)(H,18,20)/b8-3+. The molecule has 1 aromatic carbocycles. The fourth-order valence-corrected chi connectivity index (χ4v) is 1.70. The summed E-state index contributed by atoms with van der Waals surface area (Å²) in [6.07, 6.45) is 5.16. The first-order valence-electron chi connectivity index (χ1n) is 6.74. The lowest BCUT2D eigenvalue weighted by atomic mass is 10.2. The first-order valence-corrected chi connectivity index (χ1v) is 6.74. The van der Waals surface area contributed by atoms with Crippen molar-refractivity contribution in [3.8, 4) is 0 Å². The Bertz CT molecular complexity index is 504. The van der Waals surface area contributed by atoms with Crippen LogP contribution in [0.5, 0.6) is 0 Å². The Balaban J connectivity index is 1.64. The van der Waals surface area contributed by atoms with Crippen molar-refractivity contribution in [1.82, 2.24) is 10.6 Å². The molecule has 0 radical (unpaired) electrons. The van der Waals surface area contributed by atoms with Crippen LogP contribution in [0.3, 0.4) is 0 Å². The van der Waals surface area contributed by atoms with Crippen LogP contribution in [0, 0.1) is 5.92 Å². The molecule has 5 heteroatoms. The molecule has 1 saturated carbocycles. The quantitative estimate of drug-likeness (QED) is 0.409. The Kier molecular flexibility index (Phi) is 4.76. The van der Waals surface area contributed by atoms with E-state index in [4.69, 9.17) is 5.73 Å². The summed E-state index contributed by atoms with van der Waals surface area (Å²) < 4.78 is 0. The minimum Gasteiger partial charge on any atom is -0.399 e. The predicted octanol–water partition coefficient (Wildman–Crippen LogP) is 0.924. The predicted molar refractivity (Wildman–Crippen MR) is 78.6 cm³/mol. The van der Waals surface area contributed by atoms with Crippen LogP contribution < -0.4 is 16.4 Å². The molecule has 106 valence electrons. The van der Waals surface area contributed by atoms with E-state index in [-0.39, 0.29) is 17.7 Å². The lowest BCUT2D eigenvalue weighted by Crippen LogP contribution is -2.34. The number of hydrogen-bond donors (Lipinski definition) is 3. The van der Waals surface area contributed by atoms with Crippen molar-refractivity contribution in [3.63, 3.8) is 0 Å². The highest BCUT2D eigenvalue weighted by Gasteiger charge is 2.28. The van der Waals surface area contributed by atoms with Gasteiger partial charge in [0.15, 0.2) is 0 Å². The number of nitrogens with two attached hydrogens (primary N) is 1. The Morgan fingerprint density at radius 2 is 1.80 bits per heavy atom. The van der Waals surface area contributed by atoms with Gasteiger partial charge in [-0.15, -0.1) is 0 Å². The third-order valence-corrected chi connectivity index (χ3v) is 3.04. The normalized spacial score (nSPS) is 14.2. The maximum Gasteiger partial charge on any atom is 0.244 e. The second kappa shape index (κ2) is 6.75. The van der Waals surface area contributed by atoms with Gasteiger partial charge in [0.1, 0.15) is 0 Å². The maximum absolute atomic E-state index is 11.5. The van der Waals surface area contributed by atoms with Crippen LogP contribution in [0.25, 0.3) is 6.08 Å². The molecule has 0 heterocycles. The minimum atomic E-state index is -0.178. The molecule has 1 fully saturated rings. The van der Waals surface area contributed by atoms with Crippen molar-refractivity contribution in [2.24, 2.45) is 5.92 Å². The van der Waals surface area contributed by atoms with Crippen molar-refractivity contribution >= 4 is 23.6 Å². The first-order chi connectivity index (χ1) is 9.65. The molecule has 4 N–H and O–H groups in total. The van der Waals surface area contributed by atoms with Crippen molar-refractivity contribution in [2.45, 2.75) is 12.8 Å². The van der Waals surface area contributed by atoms with Gasteiger partial charge in [0, 0.05) is 30.8 Å². The van der Waals surface area contributed by atoms with E-state index in [2.05, 4.69) is 10.6 Å². The molecule has 2 rings (SSSR count). The zero-order chi connectivity index (χ0) is 14.4. The molecule has 0 aliphatic heterocycles. The smallest absolute Gasteiger partial charge is 0.244 e. The second-order valence-electron chi connectivity index (χ2n) is 4.86. The highest BCUT2D eigenvalue weighted by molar-refractivity contribution is 5.91. The largest absolute Gasteiger partial charge is 0.399 e. The van der Waals surface area contributed by atoms with Crippen LogP contribution in [0.15, 0.2) is 30.3 Å². The van der Waals surface area contributed by atoms with Gasteiger partial charge in [-0.25, -0.2) is 0 Å². The van der Waals surface area contributed by atoms with Crippen molar-refractivity contribution in [1.29, 1.82) is 0 Å². The summed E-state index contributed by atoms with van der Waals surface area (Å²) in [7, 11) is 0. The van der Waals surface area contributed by atoms with Crippen molar-refractivity contribution < 1.29 is 9.59 Å². The first kappa shape index (κ1) is 14.1. The number of carbonyl (C=O) groups is 2. The Hall–Kier alpha value is -2.30. The second-order valence-corrected chi connectivity index (χ2v) is 4.86. The molecule has 5 nitrogen and oxygen atoms in total. The Morgan fingerprint density at radius 1 is 1.15 bits per heavy atom. The topological polar surface area (TPSA) is 84.2 Å². The van der Waals surface area contributed by atoms with E-state index in [1.54, 1.807) is 18.2 Å². The summed E-state index contributed by atoms with van der Waals surface area (Å²) in [5, 5.41) is 5.50. The molecule has 0 saturated heterocycles. The minimum absolute atomic E-state index is 0.0941. The van der Waals surface area contributed by atoms with Gasteiger partial charge in [-0.3, -0.25) is 9.59 Å². The molecular formula is C15H19N3O2. The highest BCUT2D eigenvalue weighted by atomic mass is 16.2. The van der Waals surface area contributed by atoms with Crippen LogP contribution in [-0.2, 0) is 9.59 Å². The van der Waals surface area contributed by atoms with E-state index in [9.17, 15) is 9.59 Å². The lowest BCUT2D eigenvalue weighted by Gasteiger charge is -2.04. The fourth-order valence-electron chi connectivity index (χ4n) is 1.70. The van der Waals surface area contributed by atoms with Gasteiger partial charge in [0.25, 0.3) is 0 Å². The van der Waals surface area contributed by atoms with Gasteiger partial charge in [0.2, 0.25) is 11.8 Å². The molecule has 0 bridgehead atoms. The Labute approximate surface area is 118 Å². The lowest BCUT2D eigenvalue weighted by molar-refractivity contribution is -0.122. The van der Waals surface area contributed by atoms with E-state index in [1.165, 1.54) is 6.08 Å². The molecule has 2 amide bonds. The number of anilines is 1.